The monoisotopic (exact) mass is 389 g/mol. The minimum Gasteiger partial charge on any atom is -0.393 e. The highest BCUT2D eigenvalue weighted by Crippen LogP contribution is 2.68. The van der Waals surface area contributed by atoms with Gasteiger partial charge < -0.3 is 5.11 Å². The standard InChI is InChI=1S/C27H48O/c1-18(2)7-6-8-19(3)23-11-12-24-22-10-9-20-17-21(28)13-15-26(20,4)25(22)14-16-27(23,24)5/h18-25,28H,6-17H2,1-5H3/t19-,20-,21+,22-,23+,24-,25-,26-,27+/m0/s1/i21D. The summed E-state index contributed by atoms with van der Waals surface area (Å²) in [5.74, 6) is 5.96. The molecule has 0 bridgehead atoms. The smallest absolute Gasteiger partial charge is 0.0600 e. The number of rotatable bonds is 5. The summed E-state index contributed by atoms with van der Waals surface area (Å²) < 4.78 is 8.23. The molecule has 0 aliphatic heterocycles. The van der Waals surface area contributed by atoms with E-state index in [0.29, 0.717) is 23.2 Å². The van der Waals surface area contributed by atoms with Gasteiger partial charge in [0.1, 0.15) is 0 Å². The Labute approximate surface area is 176 Å². The third-order valence-corrected chi connectivity index (χ3v) is 10.7. The van der Waals surface area contributed by atoms with Crippen molar-refractivity contribution in [1.82, 2.24) is 0 Å². The minimum absolute atomic E-state index is 0.387. The van der Waals surface area contributed by atoms with Gasteiger partial charge in [0.2, 0.25) is 0 Å². The van der Waals surface area contributed by atoms with E-state index in [9.17, 15) is 5.11 Å². The van der Waals surface area contributed by atoms with Crippen LogP contribution in [0.1, 0.15) is 113 Å². The molecule has 4 rings (SSSR count). The van der Waals surface area contributed by atoms with Crippen LogP contribution in [0.5, 0.6) is 0 Å². The average Bonchev–Trinajstić information content (AvgIpc) is 2.99. The lowest BCUT2D eigenvalue weighted by Gasteiger charge is -2.61. The summed E-state index contributed by atoms with van der Waals surface area (Å²) in [4.78, 5) is 0. The van der Waals surface area contributed by atoms with E-state index in [-0.39, 0.29) is 0 Å². The van der Waals surface area contributed by atoms with Gasteiger partial charge in [-0.2, -0.15) is 0 Å². The van der Waals surface area contributed by atoms with Crippen LogP contribution in [0.2, 0.25) is 0 Å². The topological polar surface area (TPSA) is 20.2 Å². The molecule has 4 saturated carbocycles. The third-order valence-electron chi connectivity index (χ3n) is 10.7. The Bertz CT molecular complexity index is 585. The molecule has 4 fully saturated rings. The number of hydrogen-bond donors (Lipinski definition) is 1. The van der Waals surface area contributed by atoms with Gasteiger partial charge in [0, 0.05) is 0 Å². The number of fused-ring (bicyclic) bond motifs is 5. The Morgan fingerprint density at radius 3 is 2.36 bits per heavy atom. The zero-order valence-electron chi connectivity index (χ0n) is 20.5. The molecule has 4 aliphatic carbocycles. The molecule has 1 nitrogen and oxygen atoms in total. The summed E-state index contributed by atoms with van der Waals surface area (Å²) in [6, 6.07) is 0. The predicted molar refractivity (Wildman–Crippen MR) is 119 cm³/mol. The molecule has 4 aliphatic rings. The summed E-state index contributed by atoms with van der Waals surface area (Å²) in [7, 11) is 0. The second kappa shape index (κ2) is 7.90. The fraction of sp³-hybridized carbons (Fsp3) is 1.00. The normalized spacial score (nSPS) is 52.5. The van der Waals surface area contributed by atoms with Gasteiger partial charge in [0.05, 0.1) is 7.45 Å². The van der Waals surface area contributed by atoms with Gasteiger partial charge >= 0.3 is 0 Å². The van der Waals surface area contributed by atoms with Crippen molar-refractivity contribution >= 4 is 0 Å². The van der Waals surface area contributed by atoms with E-state index in [4.69, 9.17) is 1.37 Å². The Morgan fingerprint density at radius 2 is 1.61 bits per heavy atom. The summed E-state index contributed by atoms with van der Waals surface area (Å²) in [5, 5.41) is 10.4. The van der Waals surface area contributed by atoms with E-state index in [1.54, 1.807) is 0 Å². The molecular formula is C27H48O. The maximum atomic E-state index is 10.4. The first-order chi connectivity index (χ1) is 13.6. The fourth-order valence-electron chi connectivity index (χ4n) is 9.08. The van der Waals surface area contributed by atoms with E-state index in [1.807, 2.05) is 0 Å². The van der Waals surface area contributed by atoms with Crippen LogP contribution in [0.15, 0.2) is 0 Å². The summed E-state index contributed by atoms with van der Waals surface area (Å²) >= 11 is 0. The third kappa shape index (κ3) is 3.50. The van der Waals surface area contributed by atoms with Gasteiger partial charge in [0.15, 0.2) is 0 Å². The quantitative estimate of drug-likeness (QED) is 0.517. The van der Waals surface area contributed by atoms with Crippen molar-refractivity contribution in [3.05, 3.63) is 0 Å². The fourth-order valence-corrected chi connectivity index (χ4v) is 9.08. The molecule has 9 atom stereocenters. The minimum atomic E-state index is -1.15. The predicted octanol–water partition coefficient (Wildman–Crippen LogP) is 7.47. The molecule has 1 heteroatoms. The van der Waals surface area contributed by atoms with Crippen LogP contribution in [-0.2, 0) is 0 Å². The lowest BCUT2D eigenvalue weighted by atomic mass is 9.44. The van der Waals surface area contributed by atoms with Gasteiger partial charge in [-0.05, 0) is 110 Å². The van der Waals surface area contributed by atoms with Crippen molar-refractivity contribution in [2.45, 2.75) is 118 Å². The summed E-state index contributed by atoms with van der Waals surface area (Å²) in [6.07, 6.45) is 14.0. The Balaban J connectivity index is 1.46. The molecule has 0 heterocycles. The molecule has 0 aromatic carbocycles. The lowest BCUT2D eigenvalue weighted by Crippen LogP contribution is -2.54. The number of hydrogen-bond acceptors (Lipinski definition) is 1. The van der Waals surface area contributed by atoms with E-state index in [0.717, 1.165) is 48.3 Å². The first kappa shape index (κ1) is 19.9. The molecule has 28 heavy (non-hydrogen) atoms. The van der Waals surface area contributed by atoms with Crippen LogP contribution in [0.3, 0.4) is 0 Å². The second-order valence-corrected chi connectivity index (χ2v) is 12.5. The largest absolute Gasteiger partial charge is 0.393 e. The van der Waals surface area contributed by atoms with Crippen molar-refractivity contribution in [2.75, 3.05) is 0 Å². The Kier molecular flexibility index (Phi) is 5.61. The summed E-state index contributed by atoms with van der Waals surface area (Å²) in [6.45, 7) is 12.5. The summed E-state index contributed by atoms with van der Waals surface area (Å²) in [5.41, 5.74) is 0.963. The molecule has 0 radical (unpaired) electrons. The van der Waals surface area contributed by atoms with Gasteiger partial charge in [-0.15, -0.1) is 0 Å². The van der Waals surface area contributed by atoms with Crippen molar-refractivity contribution in [3.63, 3.8) is 0 Å². The molecule has 0 spiro atoms. The van der Waals surface area contributed by atoms with Crippen molar-refractivity contribution in [1.29, 1.82) is 0 Å². The number of aliphatic hydroxyl groups is 1. The molecule has 162 valence electrons. The average molecular weight is 390 g/mol. The highest BCUT2D eigenvalue weighted by molar-refractivity contribution is 5.09. The molecule has 0 aromatic heterocycles. The SMILES string of the molecule is [2H][C@@]1(O)CC[C@@]2(C)[C@@H](CC[C@@H]3[C@@H]2CC[C@]2(C)[C@@H]([C@@H](C)CCCC(C)C)CC[C@@H]32)C1. The van der Waals surface area contributed by atoms with Gasteiger partial charge in [-0.25, -0.2) is 0 Å². The Hall–Kier alpha value is -0.0400. The maximum Gasteiger partial charge on any atom is 0.0600 e. The van der Waals surface area contributed by atoms with Crippen LogP contribution in [0, 0.1) is 52.3 Å². The van der Waals surface area contributed by atoms with Crippen LogP contribution in [0.4, 0.5) is 0 Å². The lowest BCUT2D eigenvalue weighted by molar-refractivity contribution is -0.129. The van der Waals surface area contributed by atoms with E-state index >= 15 is 0 Å². The molecule has 0 aromatic rings. The molecule has 0 unspecified atom stereocenters. The first-order valence-electron chi connectivity index (χ1n) is 13.3. The van der Waals surface area contributed by atoms with E-state index in [1.165, 1.54) is 57.8 Å². The van der Waals surface area contributed by atoms with Crippen LogP contribution >= 0.6 is 0 Å². The van der Waals surface area contributed by atoms with Gasteiger partial charge in [-0.1, -0.05) is 53.9 Å². The molecule has 0 saturated heterocycles. The molecule has 1 N–H and O–H groups in total. The second-order valence-electron chi connectivity index (χ2n) is 12.5. The van der Waals surface area contributed by atoms with Crippen molar-refractivity contribution in [3.8, 4) is 0 Å². The van der Waals surface area contributed by atoms with Crippen LogP contribution in [-0.4, -0.2) is 11.2 Å². The molecular weight excluding hydrogens is 340 g/mol. The van der Waals surface area contributed by atoms with Gasteiger partial charge in [-0.3, -0.25) is 0 Å². The van der Waals surface area contributed by atoms with E-state index < -0.39 is 6.08 Å². The first-order valence-corrected chi connectivity index (χ1v) is 12.8. The van der Waals surface area contributed by atoms with Crippen LogP contribution in [0.25, 0.3) is 0 Å². The van der Waals surface area contributed by atoms with E-state index in [2.05, 4.69) is 34.6 Å². The molecule has 0 amide bonds. The van der Waals surface area contributed by atoms with Crippen molar-refractivity contribution in [2.24, 2.45) is 52.3 Å². The van der Waals surface area contributed by atoms with Crippen molar-refractivity contribution < 1.29 is 6.48 Å². The zero-order chi connectivity index (χ0) is 21.0. The highest BCUT2D eigenvalue weighted by Gasteiger charge is 2.60. The Morgan fingerprint density at radius 1 is 0.893 bits per heavy atom. The maximum absolute atomic E-state index is 10.4. The zero-order valence-corrected chi connectivity index (χ0v) is 19.5. The highest BCUT2D eigenvalue weighted by atomic mass is 16.3. The van der Waals surface area contributed by atoms with Gasteiger partial charge in [0.25, 0.3) is 0 Å². The van der Waals surface area contributed by atoms with Crippen LogP contribution < -0.4 is 0 Å².